The third kappa shape index (κ3) is 5.42. The van der Waals surface area contributed by atoms with E-state index >= 15 is 0 Å². The van der Waals surface area contributed by atoms with Gasteiger partial charge in [0.25, 0.3) is 5.91 Å². The van der Waals surface area contributed by atoms with E-state index in [9.17, 15) is 14.4 Å². The first-order valence-electron chi connectivity index (χ1n) is 7.71. The summed E-state index contributed by atoms with van der Waals surface area (Å²) in [6.07, 6.45) is 1.20. The summed E-state index contributed by atoms with van der Waals surface area (Å²) in [6, 6.07) is 9.47. The third-order valence-corrected chi connectivity index (χ3v) is 3.03. The van der Waals surface area contributed by atoms with E-state index in [1.165, 1.54) is 25.3 Å². The van der Waals surface area contributed by atoms with Crippen LogP contribution >= 0.6 is 0 Å². The zero-order valence-corrected chi connectivity index (χ0v) is 14.2. The molecule has 2 rings (SSSR count). The van der Waals surface area contributed by atoms with Crippen LogP contribution in [0.1, 0.15) is 41.5 Å². The lowest BCUT2D eigenvalue weighted by Gasteiger charge is -2.10. The van der Waals surface area contributed by atoms with Crippen LogP contribution in [-0.2, 0) is 9.53 Å². The zero-order valence-electron chi connectivity index (χ0n) is 14.2. The van der Waals surface area contributed by atoms with Crippen molar-refractivity contribution in [3.05, 3.63) is 53.7 Å². The third-order valence-electron chi connectivity index (χ3n) is 3.03. The minimum Gasteiger partial charge on any atom is -0.459 e. The highest BCUT2D eigenvalue weighted by Gasteiger charge is 2.12. The maximum Gasteiger partial charge on any atom is 0.338 e. The van der Waals surface area contributed by atoms with Crippen LogP contribution in [0.3, 0.4) is 0 Å². The molecule has 7 nitrogen and oxygen atoms in total. The highest BCUT2D eigenvalue weighted by atomic mass is 16.5. The summed E-state index contributed by atoms with van der Waals surface area (Å²) < 4.78 is 5.13. The summed E-state index contributed by atoms with van der Waals surface area (Å²) in [6.45, 7) is 4.88. The van der Waals surface area contributed by atoms with E-state index in [4.69, 9.17) is 4.74 Å². The predicted molar refractivity (Wildman–Crippen MR) is 93.5 cm³/mol. The van der Waals surface area contributed by atoms with Crippen LogP contribution in [0.4, 0.5) is 11.5 Å². The van der Waals surface area contributed by atoms with Crippen LogP contribution in [0.25, 0.3) is 0 Å². The molecule has 2 aromatic rings. The molecule has 0 saturated carbocycles. The first-order chi connectivity index (χ1) is 11.8. The highest BCUT2D eigenvalue weighted by molar-refractivity contribution is 6.05. The molecule has 1 aromatic carbocycles. The van der Waals surface area contributed by atoms with Crippen LogP contribution in [-0.4, -0.2) is 28.9 Å². The van der Waals surface area contributed by atoms with Crippen molar-refractivity contribution in [1.29, 1.82) is 0 Å². The second kappa shape index (κ2) is 8.05. The molecular formula is C18H19N3O4. The lowest BCUT2D eigenvalue weighted by Crippen LogP contribution is -2.15. The van der Waals surface area contributed by atoms with Crippen molar-refractivity contribution in [1.82, 2.24) is 4.98 Å². The van der Waals surface area contributed by atoms with Gasteiger partial charge in [-0.05, 0) is 44.2 Å². The SMILES string of the molecule is CC(=O)Nc1cc(C(=O)Nc2cccc(C(=O)OC(C)C)c2)ccn1. The molecule has 0 spiro atoms. The molecule has 0 fully saturated rings. The molecule has 0 aliphatic carbocycles. The summed E-state index contributed by atoms with van der Waals surface area (Å²) in [4.78, 5) is 39.3. The van der Waals surface area contributed by atoms with Gasteiger partial charge in [-0.2, -0.15) is 0 Å². The van der Waals surface area contributed by atoms with Crippen molar-refractivity contribution in [2.45, 2.75) is 26.9 Å². The Morgan fingerprint density at radius 2 is 1.80 bits per heavy atom. The average molecular weight is 341 g/mol. The fourth-order valence-electron chi connectivity index (χ4n) is 2.03. The van der Waals surface area contributed by atoms with E-state index in [0.717, 1.165) is 0 Å². The van der Waals surface area contributed by atoms with Crippen molar-refractivity contribution in [2.75, 3.05) is 10.6 Å². The number of hydrogen-bond acceptors (Lipinski definition) is 5. The van der Waals surface area contributed by atoms with Gasteiger partial charge < -0.3 is 15.4 Å². The van der Waals surface area contributed by atoms with Crippen molar-refractivity contribution < 1.29 is 19.1 Å². The Balaban J connectivity index is 2.13. The molecule has 0 aliphatic rings. The number of benzene rings is 1. The standard InChI is InChI=1S/C18H19N3O4/c1-11(2)25-18(24)14-5-4-6-15(9-14)21-17(23)13-7-8-19-16(10-13)20-12(3)22/h4-11H,1-3H3,(H,21,23)(H,19,20,22). The van der Waals surface area contributed by atoms with Crippen LogP contribution in [0.2, 0.25) is 0 Å². The molecule has 2 amide bonds. The zero-order chi connectivity index (χ0) is 18.4. The number of aromatic nitrogens is 1. The fourth-order valence-corrected chi connectivity index (χ4v) is 2.03. The Hall–Kier alpha value is -3.22. The minimum atomic E-state index is -0.456. The summed E-state index contributed by atoms with van der Waals surface area (Å²) in [5.74, 6) is -0.831. The van der Waals surface area contributed by atoms with Crippen LogP contribution in [0.5, 0.6) is 0 Å². The molecule has 0 aliphatic heterocycles. The summed E-state index contributed by atoms with van der Waals surface area (Å²) in [5, 5.41) is 5.22. The van der Waals surface area contributed by atoms with Crippen LogP contribution in [0, 0.1) is 0 Å². The number of hydrogen-bond donors (Lipinski definition) is 2. The van der Waals surface area contributed by atoms with Crippen molar-refractivity contribution in [3.63, 3.8) is 0 Å². The van der Waals surface area contributed by atoms with Crippen LogP contribution in [0.15, 0.2) is 42.6 Å². The minimum absolute atomic E-state index is 0.227. The number of carbonyl (C=O) groups excluding carboxylic acids is 3. The largest absolute Gasteiger partial charge is 0.459 e. The normalized spacial score (nSPS) is 10.2. The molecule has 1 aromatic heterocycles. The first kappa shape index (κ1) is 18.1. The van der Waals surface area contributed by atoms with E-state index in [1.807, 2.05) is 0 Å². The predicted octanol–water partition coefficient (Wildman–Crippen LogP) is 2.86. The molecule has 0 bridgehead atoms. The Morgan fingerprint density at radius 3 is 2.48 bits per heavy atom. The second-order valence-corrected chi connectivity index (χ2v) is 5.60. The summed E-state index contributed by atoms with van der Waals surface area (Å²) >= 11 is 0. The van der Waals surface area contributed by atoms with E-state index in [-0.39, 0.29) is 23.7 Å². The first-order valence-corrected chi connectivity index (χ1v) is 7.71. The van der Waals surface area contributed by atoms with Gasteiger partial charge in [0, 0.05) is 24.4 Å². The number of anilines is 2. The van der Waals surface area contributed by atoms with Gasteiger partial charge in [-0.15, -0.1) is 0 Å². The molecule has 0 saturated heterocycles. The molecule has 1 heterocycles. The molecule has 25 heavy (non-hydrogen) atoms. The molecule has 7 heteroatoms. The lowest BCUT2D eigenvalue weighted by atomic mass is 10.2. The van der Waals surface area contributed by atoms with E-state index < -0.39 is 5.97 Å². The summed E-state index contributed by atoms with van der Waals surface area (Å²) in [5.41, 5.74) is 1.13. The van der Waals surface area contributed by atoms with Gasteiger partial charge in [-0.25, -0.2) is 9.78 Å². The Labute approximate surface area is 145 Å². The fraction of sp³-hybridized carbons (Fsp3) is 0.222. The number of carbonyl (C=O) groups is 3. The smallest absolute Gasteiger partial charge is 0.338 e. The number of nitrogens with one attached hydrogen (secondary N) is 2. The Kier molecular flexibility index (Phi) is 5.84. The van der Waals surface area contributed by atoms with Gasteiger partial charge >= 0.3 is 5.97 Å². The van der Waals surface area contributed by atoms with E-state index in [1.54, 1.807) is 38.1 Å². The van der Waals surface area contributed by atoms with Gasteiger partial charge in [0.2, 0.25) is 5.91 Å². The Morgan fingerprint density at radius 1 is 1.04 bits per heavy atom. The number of nitrogens with zero attached hydrogens (tertiary/aromatic N) is 1. The summed E-state index contributed by atoms with van der Waals surface area (Å²) in [7, 11) is 0. The molecule has 0 radical (unpaired) electrons. The monoisotopic (exact) mass is 341 g/mol. The van der Waals surface area contributed by atoms with Gasteiger partial charge in [0.05, 0.1) is 11.7 Å². The van der Waals surface area contributed by atoms with Crippen molar-refractivity contribution in [3.8, 4) is 0 Å². The van der Waals surface area contributed by atoms with Gasteiger partial charge in [-0.3, -0.25) is 9.59 Å². The van der Waals surface area contributed by atoms with E-state index in [0.29, 0.717) is 16.8 Å². The molecule has 2 N–H and O–H groups in total. The van der Waals surface area contributed by atoms with Crippen molar-refractivity contribution >= 4 is 29.3 Å². The lowest BCUT2D eigenvalue weighted by molar-refractivity contribution is -0.114. The van der Waals surface area contributed by atoms with Crippen LogP contribution < -0.4 is 10.6 Å². The number of rotatable bonds is 5. The number of ether oxygens (including phenoxy) is 1. The maximum absolute atomic E-state index is 12.3. The number of pyridine rings is 1. The Bertz CT molecular complexity index is 802. The average Bonchev–Trinajstić information content (AvgIpc) is 2.54. The quantitative estimate of drug-likeness (QED) is 0.815. The molecule has 130 valence electrons. The molecule has 0 unspecified atom stereocenters. The maximum atomic E-state index is 12.3. The van der Waals surface area contributed by atoms with Gasteiger partial charge in [0.15, 0.2) is 0 Å². The topological polar surface area (TPSA) is 97.4 Å². The van der Waals surface area contributed by atoms with E-state index in [2.05, 4.69) is 15.6 Å². The van der Waals surface area contributed by atoms with Gasteiger partial charge in [-0.1, -0.05) is 6.07 Å². The molecular weight excluding hydrogens is 322 g/mol. The van der Waals surface area contributed by atoms with Crippen molar-refractivity contribution in [2.24, 2.45) is 0 Å². The highest BCUT2D eigenvalue weighted by Crippen LogP contribution is 2.15. The van der Waals surface area contributed by atoms with Gasteiger partial charge in [0.1, 0.15) is 5.82 Å². The molecule has 0 atom stereocenters. The number of amides is 2. The second-order valence-electron chi connectivity index (χ2n) is 5.60. The number of esters is 1.